The fraction of sp³-hybridized carbons (Fsp3) is 0.286. The van der Waals surface area contributed by atoms with Crippen molar-refractivity contribution in [2.24, 2.45) is 0 Å². The largest absolute Gasteiger partial charge is 0.497 e. The molecule has 3 rings (SSSR count). The topological polar surface area (TPSA) is 110 Å². The van der Waals surface area contributed by atoms with E-state index < -0.39 is 10.0 Å². The smallest absolute Gasteiger partial charge is 0.240 e. The van der Waals surface area contributed by atoms with Crippen molar-refractivity contribution in [1.29, 1.82) is 0 Å². The van der Waals surface area contributed by atoms with E-state index >= 15 is 0 Å². The number of hydrogen-bond acceptors (Lipinski definition) is 8. The molecule has 2 aromatic heterocycles. The number of thiazole rings is 1. The van der Waals surface area contributed by atoms with Gasteiger partial charge in [-0.3, -0.25) is 9.78 Å². The van der Waals surface area contributed by atoms with Gasteiger partial charge in [0.25, 0.3) is 0 Å². The highest BCUT2D eigenvalue weighted by molar-refractivity contribution is 7.89. The van der Waals surface area contributed by atoms with E-state index in [4.69, 9.17) is 4.74 Å². The molecular weight excluding hydrogens is 436 g/mol. The summed E-state index contributed by atoms with van der Waals surface area (Å²) in [6.45, 7) is 1.05. The lowest BCUT2D eigenvalue weighted by atomic mass is 10.2. The molecule has 0 fully saturated rings. The van der Waals surface area contributed by atoms with Crippen molar-refractivity contribution in [2.45, 2.75) is 24.2 Å². The molecule has 2 heterocycles. The molecule has 0 saturated carbocycles. The number of methoxy groups -OCH3 is 1. The number of benzene rings is 1. The summed E-state index contributed by atoms with van der Waals surface area (Å²) in [5.74, 6) is 0.357. The van der Waals surface area contributed by atoms with Crippen LogP contribution in [-0.2, 0) is 10.0 Å². The molecule has 8 nitrogen and oxygen atoms in total. The van der Waals surface area contributed by atoms with Crippen molar-refractivity contribution >= 4 is 32.3 Å². The summed E-state index contributed by atoms with van der Waals surface area (Å²) in [6, 6.07) is 11.6. The Kier molecular flexibility index (Phi) is 8.10. The van der Waals surface area contributed by atoms with Crippen molar-refractivity contribution in [2.75, 3.05) is 25.5 Å². The Morgan fingerprint density at radius 2 is 1.90 bits per heavy atom. The lowest BCUT2D eigenvalue weighted by Gasteiger charge is -2.08. The van der Waals surface area contributed by atoms with Crippen LogP contribution in [0.15, 0.2) is 59.8 Å². The molecular formula is C21H24N4O4S2. The summed E-state index contributed by atoms with van der Waals surface area (Å²) in [5.41, 5.74) is 0.397. The van der Waals surface area contributed by atoms with E-state index in [1.165, 1.54) is 30.6 Å². The van der Waals surface area contributed by atoms with E-state index in [1.807, 2.05) is 0 Å². The Morgan fingerprint density at radius 1 is 1.06 bits per heavy atom. The third-order valence-electron chi connectivity index (χ3n) is 4.40. The molecule has 3 aromatic rings. The second kappa shape index (κ2) is 11.0. The average Bonchev–Trinajstić information content (AvgIpc) is 3.27. The van der Waals surface area contributed by atoms with Gasteiger partial charge in [-0.1, -0.05) is 29.9 Å². The number of pyridine rings is 1. The van der Waals surface area contributed by atoms with E-state index in [2.05, 4.69) is 20.0 Å². The highest BCUT2D eigenvalue weighted by Gasteiger charge is 2.15. The number of unbranched alkanes of at least 4 members (excludes halogenated alkanes) is 2. The molecule has 10 heteroatoms. The molecule has 0 unspecified atom stereocenters. The van der Waals surface area contributed by atoms with E-state index in [1.54, 1.807) is 42.7 Å². The van der Waals surface area contributed by atoms with Gasteiger partial charge in [-0.25, -0.2) is 18.1 Å². The highest BCUT2D eigenvalue weighted by atomic mass is 32.2. The molecule has 0 bridgehead atoms. The molecule has 0 amide bonds. The normalized spacial score (nSPS) is 11.3. The molecule has 0 radical (unpaired) electrons. The van der Waals surface area contributed by atoms with Gasteiger partial charge >= 0.3 is 0 Å². The number of aromatic nitrogens is 2. The number of anilines is 1. The third kappa shape index (κ3) is 6.58. The lowest BCUT2D eigenvalue weighted by molar-refractivity contribution is 0.103. The second-order valence-corrected chi connectivity index (χ2v) is 9.44. The SMILES string of the molecule is COc1cccc(S(=O)(=O)NCCCCCNc2ncc(C(=O)c3ccccn3)s2)c1. The molecule has 164 valence electrons. The number of ether oxygens (including phenoxy) is 1. The van der Waals surface area contributed by atoms with Gasteiger partial charge in [0.1, 0.15) is 11.4 Å². The second-order valence-electron chi connectivity index (χ2n) is 6.64. The Hall–Kier alpha value is -2.82. The first-order valence-corrected chi connectivity index (χ1v) is 12.1. The number of carbonyl (C=O) groups excluding carboxylic acids is 1. The number of sulfonamides is 1. The zero-order valence-corrected chi connectivity index (χ0v) is 18.7. The fourth-order valence-electron chi connectivity index (χ4n) is 2.76. The third-order valence-corrected chi connectivity index (χ3v) is 6.81. The van der Waals surface area contributed by atoms with Crippen molar-refractivity contribution in [3.63, 3.8) is 0 Å². The Morgan fingerprint density at radius 3 is 2.68 bits per heavy atom. The van der Waals surface area contributed by atoms with Gasteiger partial charge in [0, 0.05) is 25.4 Å². The standard InChI is InChI=1S/C21H24N4O4S2/c1-29-16-8-7-9-17(14-16)31(27,28)25-13-5-2-4-12-23-21-24-15-19(30-21)20(26)18-10-3-6-11-22-18/h3,6-11,14-15,25H,2,4-5,12-13H2,1H3,(H,23,24). The van der Waals surface area contributed by atoms with Crippen LogP contribution in [0.4, 0.5) is 5.13 Å². The first-order chi connectivity index (χ1) is 15.0. The maximum Gasteiger partial charge on any atom is 0.240 e. The predicted molar refractivity (Wildman–Crippen MR) is 120 cm³/mol. The number of carbonyl (C=O) groups is 1. The molecule has 0 atom stereocenters. The monoisotopic (exact) mass is 460 g/mol. The minimum Gasteiger partial charge on any atom is -0.497 e. The van der Waals surface area contributed by atoms with Crippen LogP contribution >= 0.6 is 11.3 Å². The van der Waals surface area contributed by atoms with E-state index in [-0.39, 0.29) is 10.7 Å². The quantitative estimate of drug-likeness (QED) is 0.315. The molecule has 0 aliphatic heterocycles. The predicted octanol–water partition coefficient (Wildman–Crippen LogP) is 3.34. The maximum absolute atomic E-state index is 12.3. The molecule has 0 spiro atoms. The van der Waals surface area contributed by atoms with Gasteiger partial charge in [-0.2, -0.15) is 0 Å². The lowest BCUT2D eigenvalue weighted by Crippen LogP contribution is -2.24. The molecule has 2 N–H and O–H groups in total. The summed E-state index contributed by atoms with van der Waals surface area (Å²) in [4.78, 5) is 21.4. The number of hydrogen-bond donors (Lipinski definition) is 2. The average molecular weight is 461 g/mol. The van der Waals surface area contributed by atoms with Crippen molar-refractivity contribution in [3.8, 4) is 5.75 Å². The fourth-order valence-corrected chi connectivity index (χ4v) is 4.66. The van der Waals surface area contributed by atoms with Crippen LogP contribution in [0.1, 0.15) is 34.6 Å². The molecule has 0 aliphatic carbocycles. The summed E-state index contributed by atoms with van der Waals surface area (Å²) in [5, 5.41) is 3.88. The molecule has 0 aliphatic rings. The minimum atomic E-state index is -3.55. The summed E-state index contributed by atoms with van der Waals surface area (Å²) in [7, 11) is -2.05. The van der Waals surface area contributed by atoms with Crippen LogP contribution in [0.2, 0.25) is 0 Å². The van der Waals surface area contributed by atoms with Gasteiger partial charge in [-0.05, 0) is 37.1 Å². The van der Waals surface area contributed by atoms with Crippen molar-refractivity contribution in [3.05, 3.63) is 65.4 Å². The zero-order valence-electron chi connectivity index (χ0n) is 17.1. The first-order valence-electron chi connectivity index (χ1n) is 9.79. The number of rotatable bonds is 12. The number of nitrogens with zero attached hydrogens (tertiary/aromatic N) is 2. The van der Waals surface area contributed by atoms with Crippen LogP contribution < -0.4 is 14.8 Å². The van der Waals surface area contributed by atoms with Crippen molar-refractivity contribution < 1.29 is 17.9 Å². The van der Waals surface area contributed by atoms with E-state index in [9.17, 15) is 13.2 Å². The molecule has 1 aromatic carbocycles. The Labute approximate surface area is 185 Å². The van der Waals surface area contributed by atoms with Crippen LogP contribution in [0, 0.1) is 0 Å². The Balaban J connectivity index is 1.35. The number of nitrogens with one attached hydrogen (secondary N) is 2. The van der Waals surface area contributed by atoms with Crippen molar-refractivity contribution in [1.82, 2.24) is 14.7 Å². The van der Waals surface area contributed by atoms with Gasteiger partial charge in [0.2, 0.25) is 15.8 Å². The zero-order chi connectivity index (χ0) is 22.1. The van der Waals surface area contributed by atoms with Gasteiger partial charge in [-0.15, -0.1) is 0 Å². The van der Waals surface area contributed by atoms with Crippen LogP contribution in [-0.4, -0.2) is 44.4 Å². The molecule has 0 saturated heterocycles. The highest BCUT2D eigenvalue weighted by Crippen LogP contribution is 2.21. The van der Waals surface area contributed by atoms with Gasteiger partial charge < -0.3 is 10.1 Å². The summed E-state index contributed by atoms with van der Waals surface area (Å²) >= 11 is 1.29. The molecule has 31 heavy (non-hydrogen) atoms. The Bertz CT molecular complexity index is 1100. The van der Waals surface area contributed by atoms with E-state index in [0.717, 1.165) is 12.8 Å². The first kappa shape index (κ1) is 22.9. The maximum atomic E-state index is 12.3. The number of ketones is 1. The van der Waals surface area contributed by atoms with Gasteiger partial charge in [0.05, 0.1) is 23.1 Å². The van der Waals surface area contributed by atoms with Crippen LogP contribution in [0.3, 0.4) is 0 Å². The van der Waals surface area contributed by atoms with Crippen LogP contribution in [0.5, 0.6) is 5.75 Å². The summed E-state index contributed by atoms with van der Waals surface area (Å²) < 4.78 is 32.3. The van der Waals surface area contributed by atoms with Crippen LogP contribution in [0.25, 0.3) is 0 Å². The summed E-state index contributed by atoms with van der Waals surface area (Å²) in [6.07, 6.45) is 5.55. The minimum absolute atomic E-state index is 0.144. The van der Waals surface area contributed by atoms with Gasteiger partial charge in [0.15, 0.2) is 5.13 Å². The van der Waals surface area contributed by atoms with E-state index in [0.29, 0.717) is 41.0 Å².